The predicted octanol–water partition coefficient (Wildman–Crippen LogP) is 3.59. The summed E-state index contributed by atoms with van der Waals surface area (Å²) in [6.07, 6.45) is 2.57. The zero-order chi connectivity index (χ0) is 16.8. The van der Waals surface area contributed by atoms with Gasteiger partial charge in [0, 0.05) is 24.2 Å². The van der Waals surface area contributed by atoms with Gasteiger partial charge in [0.2, 0.25) is 0 Å². The molecule has 0 saturated carbocycles. The Balaban J connectivity index is 2.23. The van der Waals surface area contributed by atoms with E-state index in [2.05, 4.69) is 34.8 Å². The second kappa shape index (κ2) is 7.58. The lowest BCUT2D eigenvalue weighted by Crippen LogP contribution is -2.06. The lowest BCUT2D eigenvalue weighted by Gasteiger charge is -2.07. The molecule has 0 atom stereocenters. The number of aromatic nitrogens is 2. The minimum Gasteiger partial charge on any atom is -0.456 e. The van der Waals surface area contributed by atoms with Crippen LogP contribution in [0.2, 0.25) is 0 Å². The third kappa shape index (κ3) is 4.19. The van der Waals surface area contributed by atoms with E-state index < -0.39 is 5.97 Å². The van der Waals surface area contributed by atoms with Gasteiger partial charge < -0.3 is 9.30 Å². The maximum atomic E-state index is 11.6. The molecule has 23 heavy (non-hydrogen) atoms. The molecule has 0 fully saturated rings. The van der Waals surface area contributed by atoms with Crippen molar-refractivity contribution in [2.45, 2.75) is 33.4 Å². The minimum atomic E-state index is -0.396. The van der Waals surface area contributed by atoms with E-state index in [9.17, 15) is 4.79 Å². The number of hydrogen-bond donors (Lipinski definition) is 0. The highest BCUT2D eigenvalue weighted by atomic mass is 16.5. The molecule has 1 aromatic carbocycles. The zero-order valence-corrected chi connectivity index (χ0v) is 13.7. The summed E-state index contributed by atoms with van der Waals surface area (Å²) in [6, 6.07) is 10.2. The van der Waals surface area contributed by atoms with Crippen molar-refractivity contribution in [2.75, 3.05) is 0 Å². The smallest absolute Gasteiger partial charge is 0.333 e. The van der Waals surface area contributed by atoms with E-state index in [0.717, 1.165) is 23.6 Å². The fraction of sp³-hybridized carbons (Fsp3) is 0.263. The molecule has 0 aliphatic rings. The van der Waals surface area contributed by atoms with Crippen LogP contribution < -0.4 is 0 Å². The molecule has 0 saturated heterocycles. The number of carbonyl (C=O) groups is 1. The Morgan fingerprint density at radius 1 is 1.35 bits per heavy atom. The van der Waals surface area contributed by atoms with Crippen LogP contribution in [-0.4, -0.2) is 15.5 Å². The van der Waals surface area contributed by atoms with Gasteiger partial charge in [0.25, 0.3) is 0 Å². The highest BCUT2D eigenvalue weighted by molar-refractivity contribution is 5.86. The lowest BCUT2D eigenvalue weighted by atomic mass is 10.1. The average molecular weight is 310 g/mol. The van der Waals surface area contributed by atoms with Gasteiger partial charge >= 0.3 is 5.97 Å². The molecule has 1 aromatic heterocycles. The molecule has 2 aromatic rings. The molecular weight excluding hydrogens is 288 g/mol. The summed E-state index contributed by atoms with van der Waals surface area (Å²) in [6.45, 7) is 11.8. The number of benzene rings is 1. The van der Waals surface area contributed by atoms with E-state index in [1.54, 1.807) is 6.92 Å². The van der Waals surface area contributed by atoms with Crippen molar-refractivity contribution in [3.8, 4) is 0 Å². The standard InChI is InChI=1S/C19H22N2O2/c1-5-11-21-15(4)17(13-23-19(22)14(2)3)20-18(21)12-16-9-7-6-8-10-16/h5-10H,1-2,11-13H2,3-4H3. The number of esters is 1. The van der Waals surface area contributed by atoms with Gasteiger partial charge in [-0.3, -0.25) is 0 Å². The molecule has 0 spiro atoms. The molecule has 0 aliphatic heterocycles. The lowest BCUT2D eigenvalue weighted by molar-refractivity contribution is -0.140. The number of allylic oxidation sites excluding steroid dienone is 1. The third-order valence-electron chi connectivity index (χ3n) is 3.60. The number of ether oxygens (including phenoxy) is 1. The van der Waals surface area contributed by atoms with Crippen LogP contribution in [0.25, 0.3) is 0 Å². The highest BCUT2D eigenvalue weighted by Crippen LogP contribution is 2.16. The molecular formula is C19H22N2O2. The van der Waals surface area contributed by atoms with Crippen molar-refractivity contribution in [3.05, 3.63) is 77.9 Å². The van der Waals surface area contributed by atoms with Crippen LogP contribution in [-0.2, 0) is 29.1 Å². The first-order valence-corrected chi connectivity index (χ1v) is 7.55. The predicted molar refractivity (Wildman–Crippen MR) is 91.0 cm³/mol. The molecule has 0 N–H and O–H groups in total. The van der Waals surface area contributed by atoms with E-state index in [4.69, 9.17) is 4.74 Å². The van der Waals surface area contributed by atoms with Gasteiger partial charge in [-0.2, -0.15) is 0 Å². The van der Waals surface area contributed by atoms with Crippen molar-refractivity contribution in [1.29, 1.82) is 0 Å². The topological polar surface area (TPSA) is 44.1 Å². The van der Waals surface area contributed by atoms with Gasteiger partial charge in [-0.05, 0) is 19.4 Å². The van der Waals surface area contributed by atoms with Crippen LogP contribution in [0.1, 0.15) is 29.7 Å². The van der Waals surface area contributed by atoms with Crippen molar-refractivity contribution >= 4 is 5.97 Å². The van der Waals surface area contributed by atoms with Gasteiger partial charge in [-0.15, -0.1) is 6.58 Å². The Kier molecular flexibility index (Phi) is 5.52. The highest BCUT2D eigenvalue weighted by Gasteiger charge is 2.15. The number of nitrogens with zero attached hydrogens (tertiary/aromatic N) is 2. The Labute approximate surface area is 137 Å². The molecule has 4 nitrogen and oxygen atoms in total. The van der Waals surface area contributed by atoms with Gasteiger partial charge in [0.1, 0.15) is 12.4 Å². The maximum absolute atomic E-state index is 11.6. The Hall–Kier alpha value is -2.62. The Morgan fingerprint density at radius 3 is 2.65 bits per heavy atom. The van der Waals surface area contributed by atoms with Gasteiger partial charge in [0.15, 0.2) is 0 Å². The third-order valence-corrected chi connectivity index (χ3v) is 3.60. The molecule has 4 heteroatoms. The molecule has 0 aliphatic carbocycles. The van der Waals surface area contributed by atoms with Gasteiger partial charge in [-0.25, -0.2) is 9.78 Å². The summed E-state index contributed by atoms with van der Waals surface area (Å²) >= 11 is 0. The molecule has 0 amide bonds. The molecule has 2 rings (SSSR count). The number of carbonyl (C=O) groups excluding carboxylic acids is 1. The summed E-state index contributed by atoms with van der Waals surface area (Å²) in [7, 11) is 0. The molecule has 0 bridgehead atoms. The van der Waals surface area contributed by atoms with E-state index in [0.29, 0.717) is 12.1 Å². The van der Waals surface area contributed by atoms with Crippen LogP contribution in [0.15, 0.2) is 55.1 Å². The monoisotopic (exact) mass is 310 g/mol. The Morgan fingerprint density at radius 2 is 2.04 bits per heavy atom. The first-order chi connectivity index (χ1) is 11.0. The van der Waals surface area contributed by atoms with Crippen LogP contribution >= 0.6 is 0 Å². The summed E-state index contributed by atoms with van der Waals surface area (Å²) in [5, 5.41) is 0. The quantitative estimate of drug-likeness (QED) is 0.446. The average Bonchev–Trinajstić information content (AvgIpc) is 2.82. The first-order valence-electron chi connectivity index (χ1n) is 7.55. The summed E-state index contributed by atoms with van der Waals surface area (Å²) < 4.78 is 7.33. The van der Waals surface area contributed by atoms with E-state index >= 15 is 0 Å². The van der Waals surface area contributed by atoms with Gasteiger partial charge in [-0.1, -0.05) is 43.0 Å². The summed E-state index contributed by atoms with van der Waals surface area (Å²) in [4.78, 5) is 16.2. The van der Waals surface area contributed by atoms with Gasteiger partial charge in [0.05, 0.1) is 5.69 Å². The van der Waals surface area contributed by atoms with E-state index in [1.165, 1.54) is 5.56 Å². The van der Waals surface area contributed by atoms with Crippen LogP contribution in [0.4, 0.5) is 0 Å². The number of imidazole rings is 1. The second-order valence-electron chi connectivity index (χ2n) is 5.48. The number of rotatable bonds is 7. The molecule has 120 valence electrons. The normalized spacial score (nSPS) is 10.3. The van der Waals surface area contributed by atoms with Crippen LogP contribution in [0.5, 0.6) is 0 Å². The molecule has 1 heterocycles. The summed E-state index contributed by atoms with van der Waals surface area (Å²) in [5.74, 6) is 0.544. The van der Waals surface area contributed by atoms with E-state index in [-0.39, 0.29) is 6.61 Å². The fourth-order valence-corrected chi connectivity index (χ4v) is 2.33. The summed E-state index contributed by atoms with van der Waals surface area (Å²) in [5.41, 5.74) is 3.34. The van der Waals surface area contributed by atoms with Crippen molar-refractivity contribution in [1.82, 2.24) is 9.55 Å². The number of hydrogen-bond acceptors (Lipinski definition) is 3. The van der Waals surface area contributed by atoms with Crippen molar-refractivity contribution in [2.24, 2.45) is 0 Å². The van der Waals surface area contributed by atoms with Crippen LogP contribution in [0, 0.1) is 6.92 Å². The molecule has 0 unspecified atom stereocenters. The van der Waals surface area contributed by atoms with Crippen molar-refractivity contribution < 1.29 is 9.53 Å². The van der Waals surface area contributed by atoms with Crippen molar-refractivity contribution in [3.63, 3.8) is 0 Å². The maximum Gasteiger partial charge on any atom is 0.333 e. The van der Waals surface area contributed by atoms with Crippen LogP contribution in [0.3, 0.4) is 0 Å². The zero-order valence-electron chi connectivity index (χ0n) is 13.7. The largest absolute Gasteiger partial charge is 0.456 e. The second-order valence-corrected chi connectivity index (χ2v) is 5.48. The first kappa shape index (κ1) is 16.7. The molecule has 0 radical (unpaired) electrons. The fourth-order valence-electron chi connectivity index (χ4n) is 2.33. The SMILES string of the molecule is C=CCn1c(Cc2ccccc2)nc(COC(=O)C(=C)C)c1C. The van der Waals surface area contributed by atoms with E-state index in [1.807, 2.05) is 31.2 Å². The Bertz CT molecular complexity index is 714. The minimum absolute atomic E-state index is 0.156.